The number of carboxylic acid groups (broad SMARTS) is 1. The van der Waals surface area contributed by atoms with E-state index in [0.29, 0.717) is 31.7 Å². The van der Waals surface area contributed by atoms with Gasteiger partial charge in [0.15, 0.2) is 6.10 Å². The quantitative estimate of drug-likeness (QED) is 0.833. The van der Waals surface area contributed by atoms with Gasteiger partial charge in [0.1, 0.15) is 12.3 Å². The van der Waals surface area contributed by atoms with Crippen LogP contribution in [0, 0.1) is 0 Å². The summed E-state index contributed by atoms with van der Waals surface area (Å²) < 4.78 is 5.70. The summed E-state index contributed by atoms with van der Waals surface area (Å²) in [5.41, 5.74) is 0. The normalized spacial score (nSPS) is 18.5. The molecule has 0 radical (unpaired) electrons. The van der Waals surface area contributed by atoms with Gasteiger partial charge in [-0.1, -0.05) is 18.2 Å². The van der Waals surface area contributed by atoms with E-state index in [1.54, 1.807) is 24.0 Å². The molecule has 142 valence electrons. The summed E-state index contributed by atoms with van der Waals surface area (Å²) >= 11 is 0. The Morgan fingerprint density at radius 1 is 1.23 bits per heavy atom. The standard InChI is InChI=1S/C19H26N2O5/c1-14(26-17-8-4-3-5-9-17)19(25)20-11-6-7-16(10-12-20)21(15(2)22)13-18(23)24/h3-5,8-9,14,16H,6-7,10-13H2,1-2H3,(H,23,24). The lowest BCUT2D eigenvalue weighted by Gasteiger charge is -2.29. The van der Waals surface area contributed by atoms with Crippen LogP contribution >= 0.6 is 0 Å². The number of aliphatic carboxylic acids is 1. The molecule has 2 atom stereocenters. The molecule has 0 aliphatic carbocycles. The van der Waals surface area contributed by atoms with Crippen LogP contribution in [0.25, 0.3) is 0 Å². The zero-order valence-electron chi connectivity index (χ0n) is 15.3. The highest BCUT2D eigenvalue weighted by molar-refractivity contribution is 5.81. The van der Waals surface area contributed by atoms with Crippen molar-refractivity contribution in [3.8, 4) is 5.75 Å². The van der Waals surface area contributed by atoms with Crippen LogP contribution in [0.15, 0.2) is 30.3 Å². The van der Waals surface area contributed by atoms with Gasteiger partial charge in [-0.05, 0) is 38.3 Å². The Bertz CT molecular complexity index is 634. The fourth-order valence-electron chi connectivity index (χ4n) is 3.26. The summed E-state index contributed by atoms with van der Waals surface area (Å²) in [6.07, 6.45) is 1.37. The van der Waals surface area contributed by atoms with Crippen molar-refractivity contribution in [2.75, 3.05) is 19.6 Å². The van der Waals surface area contributed by atoms with Crippen LogP contribution in [0.2, 0.25) is 0 Å². The van der Waals surface area contributed by atoms with Gasteiger partial charge in [-0.25, -0.2) is 0 Å². The Kier molecular flexibility index (Phi) is 7.00. The fraction of sp³-hybridized carbons (Fsp3) is 0.526. The number of benzene rings is 1. The Hall–Kier alpha value is -2.57. The van der Waals surface area contributed by atoms with Gasteiger partial charge < -0.3 is 19.6 Å². The van der Waals surface area contributed by atoms with Crippen LogP contribution in [0.4, 0.5) is 0 Å². The molecule has 26 heavy (non-hydrogen) atoms. The largest absolute Gasteiger partial charge is 0.481 e. The van der Waals surface area contributed by atoms with Crippen LogP contribution in [0.3, 0.4) is 0 Å². The van der Waals surface area contributed by atoms with Crippen molar-refractivity contribution in [3.05, 3.63) is 30.3 Å². The van der Waals surface area contributed by atoms with E-state index in [9.17, 15) is 14.4 Å². The third-order valence-corrected chi connectivity index (χ3v) is 4.56. The molecule has 1 aromatic rings. The Balaban J connectivity index is 1.95. The molecule has 1 N–H and O–H groups in total. The number of rotatable bonds is 6. The molecular weight excluding hydrogens is 336 g/mol. The smallest absolute Gasteiger partial charge is 0.323 e. The van der Waals surface area contributed by atoms with Gasteiger partial charge in [-0.3, -0.25) is 14.4 Å². The lowest BCUT2D eigenvalue weighted by Crippen LogP contribution is -2.44. The minimum absolute atomic E-state index is 0.0953. The van der Waals surface area contributed by atoms with Crippen LogP contribution in [-0.4, -0.2) is 64.5 Å². The Morgan fingerprint density at radius 2 is 1.92 bits per heavy atom. The summed E-state index contributed by atoms with van der Waals surface area (Å²) in [6.45, 7) is 3.87. The number of para-hydroxylation sites is 1. The first-order chi connectivity index (χ1) is 12.4. The maximum Gasteiger partial charge on any atom is 0.323 e. The molecular formula is C19H26N2O5. The van der Waals surface area contributed by atoms with E-state index in [1.165, 1.54) is 11.8 Å². The number of carbonyl (C=O) groups is 3. The van der Waals surface area contributed by atoms with Gasteiger partial charge in [-0.2, -0.15) is 0 Å². The summed E-state index contributed by atoms with van der Waals surface area (Å²) in [4.78, 5) is 38.6. The van der Waals surface area contributed by atoms with Crippen LogP contribution in [0.1, 0.15) is 33.1 Å². The predicted octanol–water partition coefficient (Wildman–Crippen LogP) is 1.77. The average Bonchev–Trinajstić information content (AvgIpc) is 2.85. The number of likely N-dealkylation sites (tertiary alicyclic amines) is 1. The second-order valence-corrected chi connectivity index (χ2v) is 6.52. The first-order valence-corrected chi connectivity index (χ1v) is 8.88. The van der Waals surface area contributed by atoms with E-state index in [1.807, 2.05) is 18.2 Å². The number of amides is 2. The average molecular weight is 362 g/mol. The summed E-state index contributed by atoms with van der Waals surface area (Å²) in [6, 6.07) is 9.03. The third-order valence-electron chi connectivity index (χ3n) is 4.56. The lowest BCUT2D eigenvalue weighted by atomic mass is 10.1. The van der Waals surface area contributed by atoms with Gasteiger partial charge in [0.05, 0.1) is 0 Å². The molecule has 2 unspecified atom stereocenters. The molecule has 2 amide bonds. The molecule has 1 fully saturated rings. The molecule has 1 aliphatic rings. The van der Waals surface area contributed by atoms with Crippen LogP contribution in [-0.2, 0) is 14.4 Å². The highest BCUT2D eigenvalue weighted by atomic mass is 16.5. The van der Waals surface area contributed by atoms with E-state index in [4.69, 9.17) is 9.84 Å². The Morgan fingerprint density at radius 3 is 2.54 bits per heavy atom. The molecule has 0 spiro atoms. The highest BCUT2D eigenvalue weighted by Gasteiger charge is 2.29. The van der Waals surface area contributed by atoms with E-state index < -0.39 is 12.1 Å². The molecule has 7 nitrogen and oxygen atoms in total. The lowest BCUT2D eigenvalue weighted by molar-refractivity contribution is -0.145. The van der Waals surface area contributed by atoms with Crippen molar-refractivity contribution in [1.29, 1.82) is 0 Å². The summed E-state index contributed by atoms with van der Waals surface area (Å²) in [5.74, 6) is -0.729. The van der Waals surface area contributed by atoms with Crippen molar-refractivity contribution in [1.82, 2.24) is 9.80 Å². The number of hydrogen-bond donors (Lipinski definition) is 1. The van der Waals surface area contributed by atoms with Crippen LogP contribution in [0.5, 0.6) is 5.75 Å². The topological polar surface area (TPSA) is 87.2 Å². The monoisotopic (exact) mass is 362 g/mol. The van der Waals surface area contributed by atoms with Gasteiger partial charge in [0.2, 0.25) is 5.91 Å². The molecule has 7 heteroatoms. The zero-order chi connectivity index (χ0) is 19.1. The SMILES string of the molecule is CC(=O)N(CC(=O)O)C1CCCN(C(=O)C(C)Oc2ccccc2)CC1. The van der Waals surface area contributed by atoms with Gasteiger partial charge in [-0.15, -0.1) is 0 Å². The predicted molar refractivity (Wildman–Crippen MR) is 95.8 cm³/mol. The van der Waals surface area contributed by atoms with Crippen molar-refractivity contribution in [3.63, 3.8) is 0 Å². The summed E-state index contributed by atoms with van der Waals surface area (Å²) in [5, 5.41) is 9.01. The second kappa shape index (κ2) is 9.22. The molecule has 0 saturated carbocycles. The molecule has 1 saturated heterocycles. The number of carbonyl (C=O) groups excluding carboxylic acids is 2. The van der Waals surface area contributed by atoms with E-state index in [0.717, 1.165) is 6.42 Å². The van der Waals surface area contributed by atoms with Crippen molar-refractivity contribution < 1.29 is 24.2 Å². The number of ether oxygens (including phenoxy) is 1. The molecule has 1 aromatic carbocycles. The minimum Gasteiger partial charge on any atom is -0.481 e. The molecule has 1 aliphatic heterocycles. The van der Waals surface area contributed by atoms with Crippen molar-refractivity contribution >= 4 is 17.8 Å². The minimum atomic E-state index is -1.03. The maximum atomic E-state index is 12.7. The van der Waals surface area contributed by atoms with Gasteiger partial charge in [0, 0.05) is 26.1 Å². The van der Waals surface area contributed by atoms with Crippen molar-refractivity contribution in [2.45, 2.75) is 45.3 Å². The number of nitrogens with zero attached hydrogens (tertiary/aromatic N) is 2. The third kappa shape index (κ3) is 5.47. The fourth-order valence-corrected chi connectivity index (χ4v) is 3.26. The number of carboxylic acids is 1. The van der Waals surface area contributed by atoms with E-state index in [-0.39, 0.29) is 24.4 Å². The first kappa shape index (κ1) is 19.8. The summed E-state index contributed by atoms with van der Waals surface area (Å²) in [7, 11) is 0. The van der Waals surface area contributed by atoms with Gasteiger partial charge >= 0.3 is 5.97 Å². The Labute approximate surface area is 153 Å². The van der Waals surface area contributed by atoms with E-state index >= 15 is 0 Å². The van der Waals surface area contributed by atoms with Gasteiger partial charge in [0.25, 0.3) is 5.91 Å². The molecule has 0 bridgehead atoms. The molecule has 0 aromatic heterocycles. The first-order valence-electron chi connectivity index (χ1n) is 8.88. The second-order valence-electron chi connectivity index (χ2n) is 6.52. The van der Waals surface area contributed by atoms with Crippen LogP contribution < -0.4 is 4.74 Å². The van der Waals surface area contributed by atoms with E-state index in [2.05, 4.69) is 0 Å². The molecule has 2 rings (SSSR count). The zero-order valence-corrected chi connectivity index (χ0v) is 15.3. The highest BCUT2D eigenvalue weighted by Crippen LogP contribution is 2.19. The maximum absolute atomic E-state index is 12.7. The van der Waals surface area contributed by atoms with Crippen molar-refractivity contribution in [2.24, 2.45) is 0 Å². The number of hydrogen-bond acceptors (Lipinski definition) is 4. The molecule has 1 heterocycles.